The highest BCUT2D eigenvalue weighted by atomic mass is 19.1. The van der Waals surface area contributed by atoms with Crippen LogP contribution in [0.1, 0.15) is 24.0 Å². The molecule has 2 atom stereocenters. The number of rotatable bonds is 3. The number of piperidine rings is 1. The minimum Gasteiger partial charge on any atom is -0.366 e. The second-order valence-corrected chi connectivity index (χ2v) is 7.95. The van der Waals surface area contributed by atoms with Crippen molar-refractivity contribution in [3.05, 3.63) is 35.1 Å². The molecule has 0 aliphatic carbocycles. The van der Waals surface area contributed by atoms with Gasteiger partial charge in [-0.05, 0) is 49.3 Å². The van der Waals surface area contributed by atoms with Crippen LogP contribution in [0.15, 0.2) is 18.2 Å². The van der Waals surface area contributed by atoms with E-state index in [9.17, 15) is 14.0 Å². The molecule has 0 radical (unpaired) electrons. The van der Waals surface area contributed by atoms with Gasteiger partial charge in [0.25, 0.3) is 0 Å². The normalized spacial score (nSPS) is 25.6. The van der Waals surface area contributed by atoms with Crippen molar-refractivity contribution in [2.75, 3.05) is 32.8 Å². The minimum atomic E-state index is -0.137. The Bertz CT molecular complexity index is 735. The SMILES string of the molecule is Cc1ccc(CCC2CN(C(=O)N3CC[C@@H]4OCC(=O)N[C@@H]4C3)C2)c(F)c1. The van der Waals surface area contributed by atoms with Gasteiger partial charge in [-0.15, -0.1) is 0 Å². The topological polar surface area (TPSA) is 61.9 Å². The van der Waals surface area contributed by atoms with E-state index in [1.807, 2.05) is 28.9 Å². The van der Waals surface area contributed by atoms with Crippen LogP contribution in [-0.2, 0) is 16.0 Å². The van der Waals surface area contributed by atoms with E-state index >= 15 is 0 Å². The van der Waals surface area contributed by atoms with E-state index in [1.165, 1.54) is 0 Å². The van der Waals surface area contributed by atoms with E-state index in [4.69, 9.17) is 4.74 Å². The van der Waals surface area contributed by atoms with Crippen molar-refractivity contribution >= 4 is 11.9 Å². The monoisotopic (exact) mass is 375 g/mol. The van der Waals surface area contributed by atoms with E-state index in [1.54, 1.807) is 6.07 Å². The maximum absolute atomic E-state index is 13.9. The fraction of sp³-hybridized carbons (Fsp3) is 0.600. The zero-order valence-electron chi connectivity index (χ0n) is 15.6. The lowest BCUT2D eigenvalue weighted by atomic mass is 9.92. The highest BCUT2D eigenvalue weighted by molar-refractivity contribution is 5.79. The maximum atomic E-state index is 13.9. The summed E-state index contributed by atoms with van der Waals surface area (Å²) in [6.45, 7) is 4.61. The van der Waals surface area contributed by atoms with Gasteiger partial charge in [-0.25, -0.2) is 9.18 Å². The van der Waals surface area contributed by atoms with Crippen molar-refractivity contribution < 1.29 is 18.7 Å². The van der Waals surface area contributed by atoms with Gasteiger partial charge in [-0.1, -0.05) is 12.1 Å². The number of amides is 3. The van der Waals surface area contributed by atoms with Crippen molar-refractivity contribution in [2.24, 2.45) is 5.92 Å². The summed E-state index contributed by atoms with van der Waals surface area (Å²) in [5.41, 5.74) is 1.68. The summed E-state index contributed by atoms with van der Waals surface area (Å²) in [6.07, 6.45) is 2.36. The van der Waals surface area contributed by atoms with Crippen molar-refractivity contribution in [3.63, 3.8) is 0 Å². The van der Waals surface area contributed by atoms with Crippen LogP contribution in [-0.4, -0.2) is 66.7 Å². The quantitative estimate of drug-likeness (QED) is 0.875. The number of ether oxygens (including phenoxy) is 1. The van der Waals surface area contributed by atoms with Crippen molar-refractivity contribution in [3.8, 4) is 0 Å². The average molecular weight is 375 g/mol. The largest absolute Gasteiger partial charge is 0.366 e. The number of aryl methyl sites for hydroxylation is 2. The van der Waals surface area contributed by atoms with Gasteiger partial charge in [0, 0.05) is 26.2 Å². The Hall–Kier alpha value is -2.15. The summed E-state index contributed by atoms with van der Waals surface area (Å²) in [6, 6.07) is 5.30. The molecule has 3 heterocycles. The third kappa shape index (κ3) is 3.93. The molecule has 1 N–H and O–H groups in total. The zero-order valence-corrected chi connectivity index (χ0v) is 15.6. The molecular formula is C20H26FN3O3. The molecule has 0 aromatic heterocycles. The summed E-state index contributed by atoms with van der Waals surface area (Å²) >= 11 is 0. The van der Waals surface area contributed by atoms with E-state index < -0.39 is 0 Å². The molecule has 3 aliphatic rings. The Kier molecular flexibility index (Phi) is 5.04. The van der Waals surface area contributed by atoms with Crippen LogP contribution in [0.5, 0.6) is 0 Å². The molecule has 3 saturated heterocycles. The summed E-state index contributed by atoms with van der Waals surface area (Å²) in [7, 11) is 0. The zero-order chi connectivity index (χ0) is 19.0. The molecule has 3 fully saturated rings. The number of hydrogen-bond acceptors (Lipinski definition) is 3. The fourth-order valence-electron chi connectivity index (χ4n) is 4.20. The number of morpholine rings is 1. The predicted octanol–water partition coefficient (Wildman–Crippen LogP) is 1.71. The van der Waals surface area contributed by atoms with Gasteiger partial charge in [0.05, 0.1) is 12.1 Å². The molecule has 4 rings (SSSR count). The highest BCUT2D eigenvalue weighted by Crippen LogP contribution is 2.25. The van der Waals surface area contributed by atoms with Gasteiger partial charge in [-0.2, -0.15) is 0 Å². The van der Waals surface area contributed by atoms with Gasteiger partial charge in [-0.3, -0.25) is 4.79 Å². The van der Waals surface area contributed by atoms with E-state index in [0.717, 1.165) is 37.1 Å². The van der Waals surface area contributed by atoms with Crippen LogP contribution in [0.3, 0.4) is 0 Å². The Morgan fingerprint density at radius 2 is 2.11 bits per heavy atom. The first-order valence-corrected chi connectivity index (χ1v) is 9.69. The van der Waals surface area contributed by atoms with Crippen molar-refractivity contribution in [2.45, 2.75) is 38.3 Å². The van der Waals surface area contributed by atoms with Crippen LogP contribution in [0.2, 0.25) is 0 Å². The fourth-order valence-corrected chi connectivity index (χ4v) is 4.20. The summed E-state index contributed by atoms with van der Waals surface area (Å²) in [4.78, 5) is 27.8. The number of carbonyl (C=O) groups excluding carboxylic acids is 2. The second kappa shape index (κ2) is 7.46. The maximum Gasteiger partial charge on any atom is 0.320 e. The molecular weight excluding hydrogens is 349 g/mol. The predicted molar refractivity (Wildman–Crippen MR) is 97.8 cm³/mol. The van der Waals surface area contributed by atoms with Gasteiger partial charge in [0.2, 0.25) is 5.91 Å². The highest BCUT2D eigenvalue weighted by Gasteiger charge is 2.39. The van der Waals surface area contributed by atoms with Crippen LogP contribution >= 0.6 is 0 Å². The Morgan fingerprint density at radius 1 is 1.30 bits per heavy atom. The van der Waals surface area contributed by atoms with Crippen LogP contribution in [0, 0.1) is 18.7 Å². The van der Waals surface area contributed by atoms with Gasteiger partial charge < -0.3 is 19.9 Å². The van der Waals surface area contributed by atoms with Crippen LogP contribution < -0.4 is 5.32 Å². The number of nitrogens with one attached hydrogen (secondary N) is 1. The number of halogens is 1. The number of urea groups is 1. The number of fused-ring (bicyclic) bond motifs is 1. The Morgan fingerprint density at radius 3 is 2.89 bits per heavy atom. The molecule has 3 amide bonds. The smallest absolute Gasteiger partial charge is 0.320 e. The summed E-state index contributed by atoms with van der Waals surface area (Å²) < 4.78 is 19.5. The molecule has 7 heteroatoms. The Labute approximate surface area is 158 Å². The molecule has 146 valence electrons. The first kappa shape index (κ1) is 18.2. The molecule has 6 nitrogen and oxygen atoms in total. The molecule has 0 saturated carbocycles. The molecule has 1 aromatic carbocycles. The molecule has 0 spiro atoms. The third-order valence-corrected chi connectivity index (χ3v) is 5.85. The molecule has 0 bridgehead atoms. The summed E-state index contributed by atoms with van der Waals surface area (Å²) in [5.74, 6) is 0.171. The van der Waals surface area contributed by atoms with Gasteiger partial charge in [0.1, 0.15) is 12.4 Å². The number of likely N-dealkylation sites (tertiary alicyclic amines) is 2. The molecule has 0 unspecified atom stereocenters. The third-order valence-electron chi connectivity index (χ3n) is 5.85. The Balaban J connectivity index is 1.23. The lowest BCUT2D eigenvalue weighted by Crippen LogP contribution is -2.64. The standard InChI is InChI=1S/C20H26FN3O3/c1-13-2-4-15(16(21)8-13)5-3-14-9-24(10-14)20(26)23-7-6-18-17(11-23)22-19(25)12-27-18/h2,4,8,14,17-18H,3,5-7,9-12H2,1H3,(H,22,25)/t17-,18+/m1/s1. The minimum absolute atomic E-state index is 0.0142. The summed E-state index contributed by atoms with van der Waals surface area (Å²) in [5, 5.41) is 2.92. The number of benzene rings is 1. The second-order valence-electron chi connectivity index (χ2n) is 7.95. The lowest BCUT2D eigenvalue weighted by Gasteiger charge is -2.46. The van der Waals surface area contributed by atoms with Crippen molar-refractivity contribution in [1.29, 1.82) is 0 Å². The molecule has 1 aromatic rings. The first-order chi connectivity index (χ1) is 13.0. The van der Waals surface area contributed by atoms with Gasteiger partial charge >= 0.3 is 6.03 Å². The van der Waals surface area contributed by atoms with E-state index in [0.29, 0.717) is 25.4 Å². The average Bonchev–Trinajstić information content (AvgIpc) is 2.61. The molecule has 3 aliphatic heterocycles. The number of nitrogens with zero attached hydrogens (tertiary/aromatic N) is 2. The van der Waals surface area contributed by atoms with Crippen LogP contribution in [0.25, 0.3) is 0 Å². The molecule has 27 heavy (non-hydrogen) atoms. The van der Waals surface area contributed by atoms with E-state index in [-0.39, 0.29) is 36.5 Å². The van der Waals surface area contributed by atoms with E-state index in [2.05, 4.69) is 5.32 Å². The lowest BCUT2D eigenvalue weighted by molar-refractivity contribution is -0.139. The van der Waals surface area contributed by atoms with Crippen LogP contribution in [0.4, 0.5) is 9.18 Å². The number of carbonyl (C=O) groups is 2. The van der Waals surface area contributed by atoms with Crippen molar-refractivity contribution in [1.82, 2.24) is 15.1 Å². The van der Waals surface area contributed by atoms with Gasteiger partial charge in [0.15, 0.2) is 0 Å². The number of hydrogen-bond donors (Lipinski definition) is 1. The first-order valence-electron chi connectivity index (χ1n) is 9.69.